The van der Waals surface area contributed by atoms with Gasteiger partial charge in [0.1, 0.15) is 11.4 Å². The molecule has 1 aromatic heterocycles. The Hall–Kier alpha value is -3.92. The number of carbonyl (C=O) groups is 1. The number of alkyl halides is 3. The minimum absolute atomic E-state index is 0.0311. The van der Waals surface area contributed by atoms with Crippen LogP contribution in [0.1, 0.15) is 22.3 Å². The summed E-state index contributed by atoms with van der Waals surface area (Å²) in [7, 11) is 0. The number of hydrogen-bond acceptors (Lipinski definition) is 6. The fourth-order valence-electron chi connectivity index (χ4n) is 3.66. The molecule has 176 valence electrons. The normalized spacial score (nSPS) is 13.1. The van der Waals surface area contributed by atoms with E-state index in [1.165, 1.54) is 17.2 Å². The highest BCUT2D eigenvalue weighted by molar-refractivity contribution is 5.99. The maximum absolute atomic E-state index is 13.6. The van der Waals surface area contributed by atoms with Gasteiger partial charge in [0.05, 0.1) is 0 Å². The maximum Gasteiger partial charge on any atom is 0.421 e. The molecule has 7 nitrogen and oxygen atoms in total. The summed E-state index contributed by atoms with van der Waals surface area (Å²) in [5, 5.41) is 11.6. The van der Waals surface area contributed by atoms with E-state index in [-0.39, 0.29) is 5.95 Å². The Bertz CT molecular complexity index is 1240. The molecule has 2 aromatic carbocycles. The molecule has 1 amide bonds. The van der Waals surface area contributed by atoms with E-state index in [0.29, 0.717) is 11.4 Å². The minimum atomic E-state index is -4.66. The summed E-state index contributed by atoms with van der Waals surface area (Å²) in [5.41, 5.74) is 3.76. The van der Waals surface area contributed by atoms with Crippen molar-refractivity contribution < 1.29 is 18.0 Å². The van der Waals surface area contributed by atoms with Crippen molar-refractivity contribution in [3.63, 3.8) is 0 Å². The fraction of sp³-hybridized carbons (Fsp3) is 0.208. The molecule has 0 fully saturated rings. The molecule has 0 atom stereocenters. The molecule has 0 unspecified atom stereocenters. The lowest BCUT2D eigenvalue weighted by atomic mass is 9.97. The highest BCUT2D eigenvalue weighted by Gasteiger charge is 2.35. The van der Waals surface area contributed by atoms with Crippen LogP contribution in [-0.4, -0.2) is 22.4 Å². The molecule has 34 heavy (non-hydrogen) atoms. The first-order valence-electron chi connectivity index (χ1n) is 10.6. The Morgan fingerprint density at radius 1 is 1.15 bits per heavy atom. The average Bonchev–Trinajstić information content (AvgIpc) is 2.79. The first-order chi connectivity index (χ1) is 16.2. The third-order valence-corrected chi connectivity index (χ3v) is 5.35. The zero-order valence-electron chi connectivity index (χ0n) is 18.4. The van der Waals surface area contributed by atoms with Crippen molar-refractivity contribution in [3.8, 4) is 0 Å². The van der Waals surface area contributed by atoms with Gasteiger partial charge < -0.3 is 21.3 Å². The molecule has 10 heteroatoms. The van der Waals surface area contributed by atoms with Crippen LogP contribution in [0.5, 0.6) is 0 Å². The zero-order chi connectivity index (χ0) is 24.3. The van der Waals surface area contributed by atoms with Crippen molar-refractivity contribution in [1.29, 1.82) is 0 Å². The van der Waals surface area contributed by atoms with E-state index in [4.69, 9.17) is 0 Å². The zero-order valence-corrected chi connectivity index (χ0v) is 18.4. The summed E-state index contributed by atoms with van der Waals surface area (Å²) in [4.78, 5) is 19.6. The molecular formula is C24H23F3N6O. The van der Waals surface area contributed by atoms with Gasteiger partial charge >= 0.3 is 6.18 Å². The van der Waals surface area contributed by atoms with Crippen LogP contribution in [0.4, 0.5) is 42.0 Å². The molecule has 0 saturated carbocycles. The van der Waals surface area contributed by atoms with E-state index < -0.39 is 23.5 Å². The number of halogens is 3. The first-order valence-corrected chi connectivity index (χ1v) is 10.6. The van der Waals surface area contributed by atoms with Crippen molar-refractivity contribution in [2.24, 2.45) is 0 Å². The summed E-state index contributed by atoms with van der Waals surface area (Å²) in [5.74, 6) is -0.807. The molecule has 1 aliphatic heterocycles. The number of fused-ring (bicyclic) bond motifs is 1. The Morgan fingerprint density at radius 2 is 1.94 bits per heavy atom. The van der Waals surface area contributed by atoms with Crippen molar-refractivity contribution in [2.45, 2.75) is 26.1 Å². The van der Waals surface area contributed by atoms with Gasteiger partial charge in [-0.15, -0.1) is 0 Å². The summed E-state index contributed by atoms with van der Waals surface area (Å²) >= 11 is 0. The van der Waals surface area contributed by atoms with Gasteiger partial charge in [-0.3, -0.25) is 4.79 Å². The van der Waals surface area contributed by atoms with E-state index in [0.717, 1.165) is 43.0 Å². The molecule has 2 heterocycles. The second kappa shape index (κ2) is 9.52. The van der Waals surface area contributed by atoms with Crippen LogP contribution in [0.3, 0.4) is 0 Å². The monoisotopic (exact) mass is 468 g/mol. The Morgan fingerprint density at radius 3 is 2.71 bits per heavy atom. The van der Waals surface area contributed by atoms with Crippen molar-refractivity contribution in [2.75, 3.05) is 22.5 Å². The predicted molar refractivity (Wildman–Crippen MR) is 125 cm³/mol. The number of anilines is 5. The standard InChI is InChI=1S/C24H23F3N6O/c1-3-21(34)30-17-5-4-6-18(11-17)31-22-19(24(25,26)27)13-29-23(33-22)32-20-10-15-7-8-28-12-16(15)9-14(20)2/h3-6,9-11,13,28H,1,7-8,12H2,2H3,(H,30,34)(H2,29,31,32,33). The quantitative estimate of drug-likeness (QED) is 0.378. The largest absolute Gasteiger partial charge is 0.421 e. The van der Waals surface area contributed by atoms with Crippen LogP contribution in [0.25, 0.3) is 0 Å². The number of hydrogen-bond donors (Lipinski definition) is 4. The van der Waals surface area contributed by atoms with E-state index in [1.807, 2.05) is 13.0 Å². The lowest BCUT2D eigenvalue weighted by Gasteiger charge is -2.20. The van der Waals surface area contributed by atoms with Crippen LogP contribution < -0.4 is 21.3 Å². The molecule has 3 aromatic rings. The summed E-state index contributed by atoms with van der Waals surface area (Å²) in [6.07, 6.45) is -1.95. The van der Waals surface area contributed by atoms with Gasteiger partial charge in [-0.05, 0) is 66.9 Å². The van der Waals surface area contributed by atoms with Crippen molar-refractivity contribution >= 4 is 34.7 Å². The second-order valence-corrected chi connectivity index (χ2v) is 7.84. The van der Waals surface area contributed by atoms with Gasteiger partial charge in [0.25, 0.3) is 0 Å². The minimum Gasteiger partial charge on any atom is -0.339 e. The summed E-state index contributed by atoms with van der Waals surface area (Å²) in [6.45, 7) is 6.95. The van der Waals surface area contributed by atoms with Crippen LogP contribution in [0, 0.1) is 6.92 Å². The number of rotatable bonds is 6. The SMILES string of the molecule is C=CC(=O)Nc1cccc(Nc2nc(Nc3cc4c(cc3C)CNCC4)ncc2C(F)(F)F)c1. The van der Waals surface area contributed by atoms with Crippen LogP contribution >= 0.6 is 0 Å². The van der Waals surface area contributed by atoms with Gasteiger partial charge in [0.2, 0.25) is 11.9 Å². The smallest absolute Gasteiger partial charge is 0.339 e. The van der Waals surface area contributed by atoms with Gasteiger partial charge in [-0.2, -0.15) is 18.2 Å². The molecule has 0 saturated heterocycles. The van der Waals surface area contributed by atoms with Gasteiger partial charge in [0.15, 0.2) is 0 Å². The van der Waals surface area contributed by atoms with Crippen LogP contribution in [0.2, 0.25) is 0 Å². The Balaban J connectivity index is 1.64. The van der Waals surface area contributed by atoms with Crippen LogP contribution in [0.15, 0.2) is 55.3 Å². The lowest BCUT2D eigenvalue weighted by Crippen LogP contribution is -2.23. The van der Waals surface area contributed by atoms with Crippen LogP contribution in [-0.2, 0) is 23.9 Å². The molecule has 0 radical (unpaired) electrons. The molecule has 0 aliphatic carbocycles. The Labute approximate surface area is 194 Å². The highest BCUT2D eigenvalue weighted by atomic mass is 19.4. The molecule has 0 bridgehead atoms. The maximum atomic E-state index is 13.6. The lowest BCUT2D eigenvalue weighted by molar-refractivity contribution is -0.137. The highest BCUT2D eigenvalue weighted by Crippen LogP contribution is 2.36. The first kappa shape index (κ1) is 23.2. The number of aromatic nitrogens is 2. The van der Waals surface area contributed by atoms with E-state index in [2.05, 4.69) is 43.9 Å². The van der Waals surface area contributed by atoms with E-state index in [1.54, 1.807) is 18.2 Å². The molecule has 1 aliphatic rings. The Kier molecular flexibility index (Phi) is 6.51. The number of nitrogens with one attached hydrogen (secondary N) is 4. The van der Waals surface area contributed by atoms with E-state index >= 15 is 0 Å². The van der Waals surface area contributed by atoms with Gasteiger partial charge in [-0.25, -0.2) is 4.98 Å². The second-order valence-electron chi connectivity index (χ2n) is 7.84. The fourth-order valence-corrected chi connectivity index (χ4v) is 3.66. The molecule has 4 N–H and O–H groups in total. The van der Waals surface area contributed by atoms with Crippen molar-refractivity contribution in [3.05, 3.63) is 77.5 Å². The predicted octanol–water partition coefficient (Wildman–Crippen LogP) is 5.06. The van der Waals surface area contributed by atoms with Gasteiger partial charge in [0, 0.05) is 29.8 Å². The number of nitrogens with zero attached hydrogens (tertiary/aromatic N) is 2. The number of amides is 1. The third kappa shape index (κ3) is 5.34. The van der Waals surface area contributed by atoms with Gasteiger partial charge in [-0.1, -0.05) is 18.7 Å². The third-order valence-electron chi connectivity index (χ3n) is 5.35. The van der Waals surface area contributed by atoms with Crippen molar-refractivity contribution in [1.82, 2.24) is 15.3 Å². The number of aryl methyl sites for hydroxylation is 1. The summed E-state index contributed by atoms with van der Waals surface area (Å²) < 4.78 is 40.9. The topological polar surface area (TPSA) is 91.0 Å². The summed E-state index contributed by atoms with van der Waals surface area (Å²) in [6, 6.07) is 10.3. The van der Waals surface area contributed by atoms with E-state index in [9.17, 15) is 18.0 Å². The number of carbonyl (C=O) groups excluding carboxylic acids is 1. The molecule has 0 spiro atoms. The average molecular weight is 468 g/mol. The number of benzene rings is 2. The molecular weight excluding hydrogens is 445 g/mol. The molecule has 4 rings (SSSR count).